The van der Waals surface area contributed by atoms with Gasteiger partial charge in [-0.05, 0) is 17.2 Å². The molecule has 2 heterocycles. The zero-order chi connectivity index (χ0) is 18.6. The summed E-state index contributed by atoms with van der Waals surface area (Å²) in [7, 11) is -3.78. The molecule has 0 saturated carbocycles. The van der Waals surface area contributed by atoms with Crippen LogP contribution in [0.25, 0.3) is 38.0 Å². The van der Waals surface area contributed by atoms with E-state index in [4.69, 9.17) is 4.42 Å². The summed E-state index contributed by atoms with van der Waals surface area (Å²) in [5.41, 5.74) is 3.90. The number of furan rings is 1. The molecule has 0 fully saturated rings. The predicted molar refractivity (Wildman–Crippen MR) is 104 cm³/mol. The number of hydrogen-bond acceptors (Lipinski definition) is 4. The molecule has 1 N–H and O–H groups in total. The first-order valence-corrected chi connectivity index (χ1v) is 9.81. The molecule has 0 unspecified atom stereocenters. The van der Waals surface area contributed by atoms with Gasteiger partial charge in [-0.2, -0.15) is 0 Å². The van der Waals surface area contributed by atoms with Gasteiger partial charge in [0.05, 0.1) is 0 Å². The Morgan fingerprint density at radius 2 is 1.48 bits per heavy atom. The molecule has 5 nitrogen and oxygen atoms in total. The first-order chi connectivity index (χ1) is 13.0. The maximum atomic E-state index is 12.0. The minimum atomic E-state index is -3.78. The largest absolute Gasteiger partial charge is 0.455 e. The summed E-state index contributed by atoms with van der Waals surface area (Å²) in [5, 5.41) is 2.08. The lowest BCUT2D eigenvalue weighted by Gasteiger charge is -2.06. The fraction of sp³-hybridized carbons (Fsp3) is 0. The SMILES string of the molecule is O=C1C=C(c2ccc(-c3cccc4c3oc3ccccc34)cc2)S(=O)(=O)N1. The van der Waals surface area contributed by atoms with E-state index >= 15 is 0 Å². The van der Waals surface area contributed by atoms with Crippen molar-refractivity contribution in [2.45, 2.75) is 0 Å². The summed E-state index contributed by atoms with van der Waals surface area (Å²) < 4.78 is 32.0. The van der Waals surface area contributed by atoms with E-state index in [2.05, 4.69) is 0 Å². The maximum absolute atomic E-state index is 12.0. The van der Waals surface area contributed by atoms with Crippen molar-refractivity contribution in [2.75, 3.05) is 0 Å². The van der Waals surface area contributed by atoms with Crippen molar-refractivity contribution >= 4 is 42.8 Å². The molecule has 1 aliphatic heterocycles. The molecule has 6 heteroatoms. The van der Waals surface area contributed by atoms with Crippen LogP contribution < -0.4 is 4.72 Å². The predicted octanol–water partition coefficient (Wildman–Crippen LogP) is 4.05. The summed E-state index contributed by atoms with van der Waals surface area (Å²) in [4.78, 5) is 11.4. The molecule has 0 spiro atoms. The van der Waals surface area contributed by atoms with Crippen LogP contribution in [0.2, 0.25) is 0 Å². The third-order valence-corrected chi connectivity index (χ3v) is 6.07. The van der Waals surface area contributed by atoms with Crippen molar-refractivity contribution in [3.05, 3.63) is 78.4 Å². The molecule has 5 rings (SSSR count). The molecular formula is C21H13NO4S. The van der Waals surface area contributed by atoms with Gasteiger partial charge in [-0.25, -0.2) is 13.1 Å². The van der Waals surface area contributed by atoms with E-state index in [-0.39, 0.29) is 4.91 Å². The number of benzene rings is 3. The van der Waals surface area contributed by atoms with Gasteiger partial charge in [-0.3, -0.25) is 4.79 Å². The average Bonchev–Trinajstić information content (AvgIpc) is 3.17. The highest BCUT2D eigenvalue weighted by atomic mass is 32.2. The van der Waals surface area contributed by atoms with Crippen molar-refractivity contribution in [1.82, 2.24) is 4.72 Å². The fourth-order valence-corrected chi connectivity index (χ4v) is 4.58. The first kappa shape index (κ1) is 15.8. The van der Waals surface area contributed by atoms with Crippen molar-refractivity contribution in [2.24, 2.45) is 0 Å². The number of carbonyl (C=O) groups is 1. The van der Waals surface area contributed by atoms with Crippen LogP contribution in [-0.4, -0.2) is 14.3 Å². The summed E-state index contributed by atoms with van der Waals surface area (Å²) in [6.07, 6.45) is 1.10. The fourth-order valence-electron chi connectivity index (χ4n) is 3.44. The Morgan fingerprint density at radius 3 is 2.22 bits per heavy atom. The number of carbonyl (C=O) groups excluding carboxylic acids is 1. The van der Waals surface area contributed by atoms with E-state index in [1.807, 2.05) is 59.3 Å². The van der Waals surface area contributed by atoms with E-state index in [9.17, 15) is 13.2 Å². The van der Waals surface area contributed by atoms with Crippen molar-refractivity contribution in [1.29, 1.82) is 0 Å². The second-order valence-electron chi connectivity index (χ2n) is 6.34. The third-order valence-electron chi connectivity index (χ3n) is 4.67. The van der Waals surface area contributed by atoms with Gasteiger partial charge in [0.1, 0.15) is 16.1 Å². The van der Waals surface area contributed by atoms with E-state index in [1.54, 1.807) is 12.1 Å². The molecule has 0 bridgehead atoms. The molecular weight excluding hydrogens is 362 g/mol. The van der Waals surface area contributed by atoms with Gasteiger partial charge in [0.25, 0.3) is 15.9 Å². The van der Waals surface area contributed by atoms with E-state index < -0.39 is 15.9 Å². The zero-order valence-electron chi connectivity index (χ0n) is 14.0. The minimum Gasteiger partial charge on any atom is -0.455 e. The number of rotatable bonds is 2. The molecule has 0 radical (unpaired) electrons. The van der Waals surface area contributed by atoms with Crippen LogP contribution >= 0.6 is 0 Å². The molecule has 27 heavy (non-hydrogen) atoms. The number of para-hydroxylation sites is 2. The number of nitrogens with one attached hydrogen (secondary N) is 1. The van der Waals surface area contributed by atoms with E-state index in [0.29, 0.717) is 5.56 Å². The second kappa shape index (κ2) is 5.56. The van der Waals surface area contributed by atoms with Gasteiger partial charge in [0.2, 0.25) is 0 Å². The lowest BCUT2D eigenvalue weighted by atomic mass is 10.0. The first-order valence-electron chi connectivity index (χ1n) is 8.32. The van der Waals surface area contributed by atoms with Crippen LogP contribution in [0.1, 0.15) is 5.56 Å². The molecule has 1 amide bonds. The highest BCUT2D eigenvalue weighted by Crippen LogP contribution is 2.36. The number of fused-ring (bicyclic) bond motifs is 3. The Hall–Kier alpha value is -3.38. The van der Waals surface area contributed by atoms with E-state index in [0.717, 1.165) is 39.1 Å². The van der Waals surface area contributed by atoms with Crippen LogP contribution in [-0.2, 0) is 14.8 Å². The van der Waals surface area contributed by atoms with Gasteiger partial charge in [-0.15, -0.1) is 0 Å². The highest BCUT2D eigenvalue weighted by Gasteiger charge is 2.28. The second-order valence-corrected chi connectivity index (χ2v) is 7.99. The normalized spacial score (nSPS) is 15.9. The number of amides is 1. The van der Waals surface area contributed by atoms with E-state index in [1.165, 1.54) is 0 Å². The third kappa shape index (κ3) is 2.45. The molecule has 4 aromatic rings. The van der Waals surface area contributed by atoms with Gasteiger partial charge in [-0.1, -0.05) is 60.7 Å². The highest BCUT2D eigenvalue weighted by molar-refractivity contribution is 7.99. The quantitative estimate of drug-likeness (QED) is 0.573. The van der Waals surface area contributed by atoms with Gasteiger partial charge in [0.15, 0.2) is 0 Å². The van der Waals surface area contributed by atoms with Crippen molar-refractivity contribution < 1.29 is 17.6 Å². The van der Waals surface area contributed by atoms with Gasteiger partial charge in [0, 0.05) is 22.4 Å². The summed E-state index contributed by atoms with van der Waals surface area (Å²) in [6, 6.07) is 20.9. The van der Waals surface area contributed by atoms with Gasteiger partial charge >= 0.3 is 0 Å². The lowest BCUT2D eigenvalue weighted by molar-refractivity contribution is -0.114. The molecule has 0 saturated heterocycles. The molecule has 132 valence electrons. The Balaban J connectivity index is 1.64. The Morgan fingerprint density at radius 1 is 0.778 bits per heavy atom. The van der Waals surface area contributed by atoms with Crippen molar-refractivity contribution in [3.8, 4) is 11.1 Å². The lowest BCUT2D eigenvalue weighted by Crippen LogP contribution is -2.22. The topological polar surface area (TPSA) is 76.4 Å². The molecule has 1 aliphatic rings. The standard InChI is InChI=1S/C21H13NO4S/c23-20-12-19(27(24,25)22-20)14-10-8-13(9-11-14)15-5-3-6-17-16-4-1-2-7-18(16)26-21(15)17/h1-12H,(H,22,23). The zero-order valence-corrected chi connectivity index (χ0v) is 14.8. The van der Waals surface area contributed by atoms with Crippen molar-refractivity contribution in [3.63, 3.8) is 0 Å². The van der Waals surface area contributed by atoms with Crippen LogP contribution in [0.4, 0.5) is 0 Å². The smallest absolute Gasteiger partial charge is 0.265 e. The number of sulfonamides is 1. The summed E-state index contributed by atoms with van der Waals surface area (Å²) in [6.45, 7) is 0. The van der Waals surface area contributed by atoms with Crippen LogP contribution in [0.3, 0.4) is 0 Å². The summed E-state index contributed by atoms with van der Waals surface area (Å²) >= 11 is 0. The Bertz CT molecular complexity index is 1360. The Kier molecular flexibility index (Phi) is 3.26. The Labute approximate surface area is 155 Å². The molecule has 1 aromatic heterocycles. The average molecular weight is 375 g/mol. The maximum Gasteiger partial charge on any atom is 0.265 e. The van der Waals surface area contributed by atoms with Crippen LogP contribution in [0.15, 0.2) is 77.2 Å². The monoisotopic (exact) mass is 375 g/mol. The van der Waals surface area contributed by atoms with Crippen LogP contribution in [0.5, 0.6) is 0 Å². The molecule has 0 aliphatic carbocycles. The molecule has 3 aromatic carbocycles. The van der Waals surface area contributed by atoms with Gasteiger partial charge < -0.3 is 4.42 Å². The summed E-state index contributed by atoms with van der Waals surface area (Å²) in [5.74, 6) is -0.624. The minimum absolute atomic E-state index is 0.0130. The number of hydrogen-bond donors (Lipinski definition) is 1. The molecule has 0 atom stereocenters. The van der Waals surface area contributed by atoms with Crippen LogP contribution in [0, 0.1) is 0 Å².